The van der Waals surface area contributed by atoms with E-state index in [1.807, 2.05) is 47.3 Å². The number of pyridine rings is 1. The zero-order valence-corrected chi connectivity index (χ0v) is 16.9. The molecule has 0 amide bonds. The highest BCUT2D eigenvalue weighted by Gasteiger charge is 2.14. The molecule has 0 fully saturated rings. The maximum Gasteiger partial charge on any atom is 0.206 e. The average molecular weight is 395 g/mol. The lowest BCUT2D eigenvalue weighted by Crippen LogP contribution is -2.14. The number of hydrogen-bond acceptors (Lipinski definition) is 6. The summed E-state index contributed by atoms with van der Waals surface area (Å²) >= 11 is 1.52. The van der Waals surface area contributed by atoms with Gasteiger partial charge in [0.15, 0.2) is 0 Å². The highest BCUT2D eigenvalue weighted by Crippen LogP contribution is 2.33. The third kappa shape index (κ3) is 4.20. The van der Waals surface area contributed by atoms with Gasteiger partial charge in [0.05, 0.1) is 32.2 Å². The third-order valence-corrected chi connectivity index (χ3v) is 4.93. The highest BCUT2D eigenvalue weighted by atomic mass is 32.1. The molecule has 7 heteroatoms. The van der Waals surface area contributed by atoms with Crippen LogP contribution in [0.3, 0.4) is 0 Å². The van der Waals surface area contributed by atoms with Crippen LogP contribution in [0.2, 0.25) is 0 Å². The number of thiazole rings is 1. The van der Waals surface area contributed by atoms with Gasteiger partial charge in [0.25, 0.3) is 0 Å². The molecule has 0 unspecified atom stereocenters. The Balaban J connectivity index is 2.19. The second kappa shape index (κ2) is 9.14. The van der Waals surface area contributed by atoms with Crippen LogP contribution in [-0.4, -0.2) is 36.1 Å². The van der Waals surface area contributed by atoms with Crippen molar-refractivity contribution < 1.29 is 9.47 Å². The van der Waals surface area contributed by atoms with Crippen molar-refractivity contribution in [2.75, 3.05) is 20.8 Å². The maximum atomic E-state index is 5.59. The topological polar surface area (TPSA) is 61.0 Å². The molecule has 3 rings (SSSR count). The molecule has 6 nitrogen and oxygen atoms in total. The standard InChI is InChI=1S/C21H22N4O2S/c1-5-10-23-21-25(24-15(2)16-8-11-22-12-9-16)19(14-28-21)18-7-6-17(26-3)13-20(18)27-4/h5-9,11-14H,1,10H2,2-4H3. The molecule has 28 heavy (non-hydrogen) atoms. The number of hydrogen-bond donors (Lipinski definition) is 0. The van der Waals surface area contributed by atoms with Crippen LogP contribution in [0.25, 0.3) is 11.3 Å². The predicted molar refractivity (Wildman–Crippen MR) is 113 cm³/mol. The fourth-order valence-corrected chi connectivity index (χ4v) is 3.48. The van der Waals surface area contributed by atoms with Crippen LogP contribution in [0.1, 0.15) is 12.5 Å². The van der Waals surface area contributed by atoms with E-state index in [2.05, 4.69) is 16.6 Å². The molecule has 0 radical (unpaired) electrons. The van der Waals surface area contributed by atoms with Crippen LogP contribution in [0.4, 0.5) is 0 Å². The molecule has 0 saturated carbocycles. The molecular formula is C21H22N4O2S. The van der Waals surface area contributed by atoms with E-state index in [9.17, 15) is 0 Å². The Morgan fingerprint density at radius 2 is 2.00 bits per heavy atom. The Labute approximate surface area is 168 Å². The number of nitrogens with zero attached hydrogens (tertiary/aromatic N) is 4. The molecule has 0 bridgehead atoms. The molecule has 0 aliphatic carbocycles. The summed E-state index contributed by atoms with van der Waals surface area (Å²) in [5.41, 5.74) is 3.65. The number of rotatable bonds is 7. The lowest BCUT2D eigenvalue weighted by atomic mass is 10.1. The number of aromatic nitrogens is 2. The molecule has 0 aliphatic rings. The Morgan fingerprint density at radius 1 is 1.21 bits per heavy atom. The van der Waals surface area contributed by atoms with Crippen molar-refractivity contribution in [1.29, 1.82) is 0 Å². The molecule has 0 aliphatic heterocycles. The Morgan fingerprint density at radius 3 is 2.68 bits per heavy atom. The summed E-state index contributed by atoms with van der Waals surface area (Å²) in [4.78, 5) is 9.43. The van der Waals surface area contributed by atoms with Gasteiger partial charge in [0.2, 0.25) is 4.80 Å². The molecule has 0 atom stereocenters. The summed E-state index contributed by atoms with van der Waals surface area (Å²) in [6.07, 6.45) is 5.27. The number of ether oxygens (including phenoxy) is 2. The van der Waals surface area contributed by atoms with Crippen LogP contribution in [0.15, 0.2) is 70.9 Å². The van der Waals surface area contributed by atoms with E-state index in [0.29, 0.717) is 12.3 Å². The highest BCUT2D eigenvalue weighted by molar-refractivity contribution is 7.07. The minimum Gasteiger partial charge on any atom is -0.497 e. The fraction of sp³-hybridized carbons (Fsp3) is 0.190. The largest absolute Gasteiger partial charge is 0.497 e. The summed E-state index contributed by atoms with van der Waals surface area (Å²) in [5, 5.41) is 6.86. The third-order valence-electron chi connectivity index (χ3n) is 4.07. The minimum absolute atomic E-state index is 0.517. The Kier molecular flexibility index (Phi) is 6.39. The van der Waals surface area contributed by atoms with Gasteiger partial charge in [-0.1, -0.05) is 6.08 Å². The first-order valence-corrected chi connectivity index (χ1v) is 9.56. The molecule has 2 aromatic heterocycles. The van der Waals surface area contributed by atoms with E-state index in [0.717, 1.165) is 33.1 Å². The first kappa shape index (κ1) is 19.6. The average Bonchev–Trinajstić information content (AvgIpc) is 3.14. The van der Waals surface area contributed by atoms with Crippen molar-refractivity contribution in [2.24, 2.45) is 10.1 Å². The predicted octanol–water partition coefficient (Wildman–Crippen LogP) is 3.99. The molecule has 3 aromatic rings. The van der Waals surface area contributed by atoms with Gasteiger partial charge in [-0.15, -0.1) is 17.9 Å². The first-order chi connectivity index (χ1) is 13.7. The molecule has 0 saturated heterocycles. The quantitative estimate of drug-likeness (QED) is 0.450. The van der Waals surface area contributed by atoms with Gasteiger partial charge in [-0.25, -0.2) is 4.68 Å². The van der Waals surface area contributed by atoms with E-state index in [4.69, 9.17) is 14.6 Å². The molecule has 1 aromatic carbocycles. The molecule has 2 heterocycles. The molecule has 0 N–H and O–H groups in total. The normalized spacial score (nSPS) is 12.1. The first-order valence-electron chi connectivity index (χ1n) is 8.68. The van der Waals surface area contributed by atoms with Crippen molar-refractivity contribution in [3.8, 4) is 22.8 Å². The van der Waals surface area contributed by atoms with Crippen LogP contribution >= 0.6 is 11.3 Å². The van der Waals surface area contributed by atoms with Crippen LogP contribution in [-0.2, 0) is 0 Å². The minimum atomic E-state index is 0.517. The molecule has 0 spiro atoms. The smallest absolute Gasteiger partial charge is 0.206 e. The van der Waals surface area contributed by atoms with E-state index in [1.54, 1.807) is 32.7 Å². The van der Waals surface area contributed by atoms with Gasteiger partial charge >= 0.3 is 0 Å². The van der Waals surface area contributed by atoms with Crippen molar-refractivity contribution >= 4 is 17.0 Å². The van der Waals surface area contributed by atoms with Gasteiger partial charge in [-0.2, -0.15) is 5.10 Å². The summed E-state index contributed by atoms with van der Waals surface area (Å²) in [6.45, 7) is 6.23. The monoisotopic (exact) mass is 394 g/mol. The van der Waals surface area contributed by atoms with E-state index >= 15 is 0 Å². The lowest BCUT2D eigenvalue weighted by Gasteiger charge is -2.11. The molecule has 144 valence electrons. The summed E-state index contributed by atoms with van der Waals surface area (Å²) in [7, 11) is 3.28. The number of benzene rings is 1. The summed E-state index contributed by atoms with van der Waals surface area (Å²) in [5.74, 6) is 1.44. The summed E-state index contributed by atoms with van der Waals surface area (Å²) < 4.78 is 12.7. The van der Waals surface area contributed by atoms with Gasteiger partial charge in [0, 0.05) is 35.0 Å². The Hall–Kier alpha value is -3.19. The van der Waals surface area contributed by atoms with E-state index in [1.165, 1.54) is 11.3 Å². The van der Waals surface area contributed by atoms with E-state index in [-0.39, 0.29) is 0 Å². The van der Waals surface area contributed by atoms with E-state index < -0.39 is 0 Å². The zero-order valence-electron chi connectivity index (χ0n) is 16.1. The van der Waals surface area contributed by atoms with Crippen molar-refractivity contribution in [1.82, 2.24) is 9.66 Å². The van der Waals surface area contributed by atoms with Crippen LogP contribution < -0.4 is 14.3 Å². The van der Waals surface area contributed by atoms with Crippen molar-refractivity contribution in [3.63, 3.8) is 0 Å². The second-order valence-electron chi connectivity index (χ2n) is 5.83. The number of methoxy groups -OCH3 is 2. The van der Waals surface area contributed by atoms with Crippen molar-refractivity contribution in [3.05, 3.63) is 71.1 Å². The van der Waals surface area contributed by atoms with Gasteiger partial charge < -0.3 is 9.47 Å². The van der Waals surface area contributed by atoms with Gasteiger partial charge in [0.1, 0.15) is 11.5 Å². The second-order valence-corrected chi connectivity index (χ2v) is 6.67. The van der Waals surface area contributed by atoms with Crippen LogP contribution in [0, 0.1) is 0 Å². The molecular weight excluding hydrogens is 372 g/mol. The Bertz CT molecular complexity index is 1050. The SMILES string of the molecule is C=CCN=c1scc(-c2ccc(OC)cc2OC)n1N=C(C)c1ccncc1. The lowest BCUT2D eigenvalue weighted by molar-refractivity contribution is 0.395. The van der Waals surface area contributed by atoms with Gasteiger partial charge in [-0.05, 0) is 31.2 Å². The summed E-state index contributed by atoms with van der Waals surface area (Å²) in [6, 6.07) is 9.59. The van der Waals surface area contributed by atoms with Crippen molar-refractivity contribution in [2.45, 2.75) is 6.92 Å². The van der Waals surface area contributed by atoms with Crippen LogP contribution in [0.5, 0.6) is 11.5 Å². The zero-order chi connectivity index (χ0) is 19.9. The fourth-order valence-electron chi connectivity index (χ4n) is 2.64. The van der Waals surface area contributed by atoms with Gasteiger partial charge in [-0.3, -0.25) is 9.98 Å². The maximum absolute atomic E-state index is 5.59.